The lowest BCUT2D eigenvalue weighted by Crippen LogP contribution is -2.15. The first-order chi connectivity index (χ1) is 12.1. The van der Waals surface area contributed by atoms with E-state index in [1.807, 2.05) is 0 Å². The third-order valence-electron chi connectivity index (χ3n) is 4.16. The minimum absolute atomic E-state index is 0.0611. The Hall–Kier alpha value is -2.42. The fraction of sp³-hybridized carbons (Fsp3) is 0.353. The maximum Gasteiger partial charge on any atom is 0.309 e. The van der Waals surface area contributed by atoms with Crippen LogP contribution in [0.2, 0.25) is 0 Å². The SMILES string of the molecule is COC(=O)Cc1ccc(-c2nc(S(C)(=O)=O)nc3c2CCC3(F)F)cc1. The van der Waals surface area contributed by atoms with E-state index in [9.17, 15) is 22.0 Å². The fourth-order valence-electron chi connectivity index (χ4n) is 2.83. The standard InChI is InChI=1S/C17H16F2N2O4S/c1-25-13(22)9-10-3-5-11(6-4-10)14-12-7-8-17(18,19)15(12)21-16(20-14)26(2,23)24/h3-6H,7-9H2,1-2H3. The molecule has 0 radical (unpaired) electrons. The van der Waals surface area contributed by atoms with Crippen LogP contribution in [0.4, 0.5) is 8.78 Å². The van der Waals surface area contributed by atoms with Crippen molar-refractivity contribution in [3.8, 4) is 11.3 Å². The number of fused-ring (bicyclic) bond motifs is 1. The smallest absolute Gasteiger partial charge is 0.309 e. The molecule has 0 amide bonds. The van der Waals surface area contributed by atoms with E-state index in [-0.39, 0.29) is 24.1 Å². The maximum absolute atomic E-state index is 14.1. The monoisotopic (exact) mass is 382 g/mol. The molecule has 0 aliphatic heterocycles. The Morgan fingerprint density at radius 1 is 1.23 bits per heavy atom. The van der Waals surface area contributed by atoms with Gasteiger partial charge >= 0.3 is 5.97 Å². The van der Waals surface area contributed by atoms with E-state index in [4.69, 9.17) is 0 Å². The molecule has 0 atom stereocenters. The van der Waals surface area contributed by atoms with E-state index in [1.165, 1.54) is 7.11 Å². The molecule has 1 aliphatic rings. The summed E-state index contributed by atoms with van der Waals surface area (Å²) in [6.45, 7) is 0. The van der Waals surface area contributed by atoms with Crippen molar-refractivity contribution in [2.24, 2.45) is 0 Å². The first-order valence-corrected chi connectivity index (χ1v) is 9.66. The number of halogens is 2. The highest BCUT2D eigenvalue weighted by Crippen LogP contribution is 2.43. The van der Waals surface area contributed by atoms with Gasteiger partial charge in [0.2, 0.25) is 15.0 Å². The summed E-state index contributed by atoms with van der Waals surface area (Å²) in [6, 6.07) is 6.52. The van der Waals surface area contributed by atoms with Crippen LogP contribution in [0.1, 0.15) is 23.2 Å². The molecule has 1 aliphatic carbocycles. The van der Waals surface area contributed by atoms with Gasteiger partial charge in [0.05, 0.1) is 19.2 Å². The molecule has 1 aromatic heterocycles. The van der Waals surface area contributed by atoms with Crippen LogP contribution < -0.4 is 0 Å². The average molecular weight is 382 g/mol. The van der Waals surface area contributed by atoms with Crippen LogP contribution in [-0.2, 0) is 38.1 Å². The number of sulfone groups is 1. The lowest BCUT2D eigenvalue weighted by atomic mass is 10.0. The van der Waals surface area contributed by atoms with E-state index in [0.717, 1.165) is 6.26 Å². The number of hydrogen-bond acceptors (Lipinski definition) is 6. The first-order valence-electron chi connectivity index (χ1n) is 7.77. The number of alkyl halides is 2. The Labute approximate surface area is 149 Å². The molecule has 1 aromatic carbocycles. The molecule has 0 saturated heterocycles. The summed E-state index contributed by atoms with van der Waals surface area (Å²) in [7, 11) is -2.56. The van der Waals surface area contributed by atoms with E-state index in [2.05, 4.69) is 14.7 Å². The highest BCUT2D eigenvalue weighted by Gasteiger charge is 2.43. The van der Waals surface area contributed by atoms with Crippen molar-refractivity contribution in [1.82, 2.24) is 9.97 Å². The number of nitrogens with zero attached hydrogens (tertiary/aromatic N) is 2. The van der Waals surface area contributed by atoms with Crippen molar-refractivity contribution in [3.05, 3.63) is 41.1 Å². The summed E-state index contributed by atoms with van der Waals surface area (Å²) in [5.74, 6) is -3.59. The van der Waals surface area contributed by atoms with Crippen LogP contribution >= 0.6 is 0 Å². The largest absolute Gasteiger partial charge is 0.469 e. The number of hydrogen-bond donors (Lipinski definition) is 0. The molecular weight excluding hydrogens is 366 g/mol. The minimum Gasteiger partial charge on any atom is -0.469 e. The Morgan fingerprint density at radius 2 is 1.88 bits per heavy atom. The fourth-order valence-corrected chi connectivity index (χ4v) is 3.34. The van der Waals surface area contributed by atoms with E-state index < -0.39 is 39.0 Å². The number of aromatic nitrogens is 2. The molecule has 138 valence electrons. The van der Waals surface area contributed by atoms with Gasteiger partial charge in [0.15, 0.2) is 0 Å². The predicted molar refractivity (Wildman–Crippen MR) is 88.5 cm³/mol. The summed E-state index contributed by atoms with van der Waals surface area (Å²) in [6.07, 6.45) is 0.583. The molecule has 26 heavy (non-hydrogen) atoms. The number of benzene rings is 1. The molecule has 0 fully saturated rings. The Kier molecular flexibility index (Phi) is 4.51. The molecule has 0 saturated carbocycles. The van der Waals surface area contributed by atoms with Crippen LogP contribution in [0, 0.1) is 0 Å². The van der Waals surface area contributed by atoms with Crippen LogP contribution in [0.25, 0.3) is 11.3 Å². The zero-order chi connectivity index (χ0) is 19.1. The van der Waals surface area contributed by atoms with Crippen LogP contribution in [0.5, 0.6) is 0 Å². The molecule has 1 heterocycles. The predicted octanol–water partition coefficient (Wildman–Crippen LogP) is 2.30. The normalized spacial score (nSPS) is 15.5. The summed E-state index contributed by atoms with van der Waals surface area (Å²) in [5, 5.41) is -0.619. The van der Waals surface area contributed by atoms with Gasteiger partial charge in [-0.2, -0.15) is 8.78 Å². The van der Waals surface area contributed by atoms with Gasteiger partial charge in [0.1, 0.15) is 5.69 Å². The second kappa shape index (κ2) is 6.39. The summed E-state index contributed by atoms with van der Waals surface area (Å²) >= 11 is 0. The Morgan fingerprint density at radius 3 is 2.46 bits per heavy atom. The topological polar surface area (TPSA) is 86.2 Å². The number of methoxy groups -OCH3 is 1. The number of rotatable bonds is 4. The molecule has 0 unspecified atom stereocenters. The Balaban J connectivity index is 2.10. The van der Waals surface area contributed by atoms with Gasteiger partial charge in [0.25, 0.3) is 5.92 Å². The molecule has 0 N–H and O–H groups in total. The summed E-state index contributed by atoms with van der Waals surface area (Å²) in [5.41, 5.74) is 1.07. The quantitative estimate of drug-likeness (QED) is 0.596. The second-order valence-corrected chi connectivity index (χ2v) is 8.02. The zero-order valence-corrected chi connectivity index (χ0v) is 14.9. The molecule has 2 aromatic rings. The summed E-state index contributed by atoms with van der Waals surface area (Å²) in [4.78, 5) is 19.0. The molecule has 9 heteroatoms. The Bertz CT molecular complexity index is 973. The van der Waals surface area contributed by atoms with E-state index >= 15 is 0 Å². The maximum atomic E-state index is 14.1. The zero-order valence-electron chi connectivity index (χ0n) is 14.1. The van der Waals surface area contributed by atoms with Crippen molar-refractivity contribution < 1.29 is 26.7 Å². The van der Waals surface area contributed by atoms with Gasteiger partial charge in [-0.05, 0) is 12.0 Å². The number of carbonyl (C=O) groups is 1. The lowest BCUT2D eigenvalue weighted by molar-refractivity contribution is -0.139. The molecule has 0 spiro atoms. The summed E-state index contributed by atoms with van der Waals surface area (Å²) < 4.78 is 56.4. The highest BCUT2D eigenvalue weighted by molar-refractivity contribution is 7.90. The van der Waals surface area contributed by atoms with Crippen LogP contribution in [-0.4, -0.2) is 37.7 Å². The molecule has 0 bridgehead atoms. The van der Waals surface area contributed by atoms with Crippen molar-refractivity contribution in [2.75, 3.05) is 13.4 Å². The van der Waals surface area contributed by atoms with Crippen molar-refractivity contribution in [2.45, 2.75) is 30.3 Å². The first kappa shape index (κ1) is 18.4. The van der Waals surface area contributed by atoms with Gasteiger partial charge < -0.3 is 4.74 Å². The third-order valence-corrected chi connectivity index (χ3v) is 5.00. The van der Waals surface area contributed by atoms with E-state index in [0.29, 0.717) is 11.1 Å². The van der Waals surface area contributed by atoms with Gasteiger partial charge in [-0.15, -0.1) is 0 Å². The minimum atomic E-state index is -3.85. The van der Waals surface area contributed by atoms with Gasteiger partial charge in [-0.3, -0.25) is 4.79 Å². The number of esters is 1. The van der Waals surface area contributed by atoms with Crippen LogP contribution in [0.3, 0.4) is 0 Å². The van der Waals surface area contributed by atoms with Gasteiger partial charge in [-0.1, -0.05) is 24.3 Å². The lowest BCUT2D eigenvalue weighted by Gasteiger charge is -2.13. The van der Waals surface area contributed by atoms with Gasteiger partial charge in [-0.25, -0.2) is 18.4 Å². The molecular formula is C17H16F2N2O4S. The second-order valence-electron chi connectivity index (χ2n) is 6.11. The third kappa shape index (κ3) is 3.44. The molecule has 6 nitrogen and oxygen atoms in total. The molecule has 3 rings (SSSR count). The van der Waals surface area contributed by atoms with Gasteiger partial charge in [0, 0.05) is 23.8 Å². The van der Waals surface area contributed by atoms with Crippen LogP contribution in [0.15, 0.2) is 29.4 Å². The van der Waals surface area contributed by atoms with Crippen molar-refractivity contribution >= 4 is 15.8 Å². The van der Waals surface area contributed by atoms with Crippen molar-refractivity contribution in [3.63, 3.8) is 0 Å². The number of ether oxygens (including phenoxy) is 1. The average Bonchev–Trinajstić information content (AvgIpc) is 2.89. The van der Waals surface area contributed by atoms with E-state index in [1.54, 1.807) is 24.3 Å². The highest BCUT2D eigenvalue weighted by atomic mass is 32.2. The number of carbonyl (C=O) groups excluding carboxylic acids is 1. The van der Waals surface area contributed by atoms with Crippen molar-refractivity contribution in [1.29, 1.82) is 0 Å².